The number of hydrogen-bond acceptors (Lipinski definition) is 8. The van der Waals surface area contributed by atoms with Crippen molar-refractivity contribution in [1.29, 1.82) is 0 Å². The number of nitrogens with one attached hydrogen (secondary N) is 1. The van der Waals surface area contributed by atoms with Crippen LogP contribution in [0.15, 0.2) is 74.8 Å². The second kappa shape index (κ2) is 10.5. The van der Waals surface area contributed by atoms with Crippen LogP contribution in [-0.4, -0.2) is 43.1 Å². The van der Waals surface area contributed by atoms with Gasteiger partial charge in [0, 0.05) is 13.5 Å². The molecular weight excluding hydrogens is 503 g/mol. The van der Waals surface area contributed by atoms with E-state index in [-0.39, 0.29) is 41.7 Å². The van der Waals surface area contributed by atoms with Gasteiger partial charge in [0.05, 0.1) is 35.2 Å². The maximum atomic E-state index is 13.5. The summed E-state index contributed by atoms with van der Waals surface area (Å²) in [6, 6.07) is 13.0. The Hall–Kier alpha value is -3.77. The zero-order valence-corrected chi connectivity index (χ0v) is 20.8. The van der Waals surface area contributed by atoms with Crippen molar-refractivity contribution in [3.63, 3.8) is 0 Å². The van der Waals surface area contributed by atoms with E-state index in [0.29, 0.717) is 17.4 Å². The van der Waals surface area contributed by atoms with Crippen molar-refractivity contribution in [2.24, 2.45) is 12.1 Å². The predicted octanol–water partition coefficient (Wildman–Crippen LogP) is 4.01. The monoisotopic (exact) mass is 524 g/mol. The first-order chi connectivity index (χ1) is 17.5. The Kier molecular flexibility index (Phi) is 6.96. The molecule has 4 aromatic rings. The molecule has 1 atom stereocenters. The SMILES string of the molecule is Cn1c(CNC(=O)c2ccco2)nnc1SCC(=O)N1N=C(c2cccs2)CC1c1ccc(F)cc1. The third kappa shape index (κ3) is 5.09. The fourth-order valence-electron chi connectivity index (χ4n) is 3.75. The van der Waals surface area contributed by atoms with E-state index in [1.165, 1.54) is 35.2 Å². The van der Waals surface area contributed by atoms with Crippen LogP contribution in [0, 0.1) is 5.82 Å². The summed E-state index contributed by atoms with van der Waals surface area (Å²) in [5, 5.41) is 19.6. The summed E-state index contributed by atoms with van der Waals surface area (Å²) < 4.78 is 20.3. The number of halogens is 1. The number of carbonyl (C=O) groups is 2. The zero-order chi connectivity index (χ0) is 25.1. The average Bonchev–Trinajstić information content (AvgIpc) is 3.69. The van der Waals surface area contributed by atoms with Gasteiger partial charge in [0.1, 0.15) is 5.82 Å². The van der Waals surface area contributed by atoms with Crippen molar-refractivity contribution in [2.75, 3.05) is 5.75 Å². The summed E-state index contributed by atoms with van der Waals surface area (Å²) in [5.74, 6) is -0.0505. The molecule has 0 bridgehead atoms. The van der Waals surface area contributed by atoms with Gasteiger partial charge >= 0.3 is 0 Å². The number of amides is 2. The van der Waals surface area contributed by atoms with Crippen LogP contribution in [0.25, 0.3) is 0 Å². The highest BCUT2D eigenvalue weighted by atomic mass is 32.2. The second-order valence-corrected chi connectivity index (χ2v) is 9.83. The maximum Gasteiger partial charge on any atom is 0.287 e. The van der Waals surface area contributed by atoms with Gasteiger partial charge in [-0.05, 0) is 41.3 Å². The number of hydrazone groups is 1. The summed E-state index contributed by atoms with van der Waals surface area (Å²) in [4.78, 5) is 26.3. The average molecular weight is 525 g/mol. The van der Waals surface area contributed by atoms with Crippen LogP contribution in [0.1, 0.15) is 39.3 Å². The van der Waals surface area contributed by atoms with Gasteiger partial charge in [-0.15, -0.1) is 21.5 Å². The van der Waals surface area contributed by atoms with E-state index in [2.05, 4.69) is 20.6 Å². The van der Waals surface area contributed by atoms with E-state index < -0.39 is 0 Å². The van der Waals surface area contributed by atoms with Crippen LogP contribution in [0.3, 0.4) is 0 Å². The molecule has 12 heteroatoms. The lowest BCUT2D eigenvalue weighted by Gasteiger charge is -2.21. The van der Waals surface area contributed by atoms with Gasteiger partial charge < -0.3 is 14.3 Å². The van der Waals surface area contributed by atoms with Crippen LogP contribution >= 0.6 is 23.1 Å². The largest absolute Gasteiger partial charge is 0.459 e. The molecule has 0 spiro atoms. The summed E-state index contributed by atoms with van der Waals surface area (Å²) in [7, 11) is 1.77. The molecular formula is C24H21FN6O3S2. The minimum absolute atomic E-state index is 0.0869. The minimum atomic E-state index is -0.354. The Balaban J connectivity index is 1.26. The molecule has 9 nitrogen and oxygen atoms in total. The Labute approximate surface area is 214 Å². The van der Waals surface area contributed by atoms with Crippen molar-refractivity contribution >= 4 is 40.6 Å². The number of rotatable bonds is 8. The molecule has 36 heavy (non-hydrogen) atoms. The topological polar surface area (TPSA) is 106 Å². The third-order valence-corrected chi connectivity index (χ3v) is 7.55. The molecule has 1 unspecified atom stereocenters. The smallest absolute Gasteiger partial charge is 0.287 e. The van der Waals surface area contributed by atoms with E-state index >= 15 is 0 Å². The van der Waals surface area contributed by atoms with Crippen LogP contribution in [0.5, 0.6) is 0 Å². The Morgan fingerprint density at radius 2 is 2.03 bits per heavy atom. The maximum absolute atomic E-state index is 13.5. The summed E-state index contributed by atoms with van der Waals surface area (Å²) in [6.07, 6.45) is 1.98. The van der Waals surface area contributed by atoms with Gasteiger partial charge in [-0.25, -0.2) is 9.40 Å². The van der Waals surface area contributed by atoms with Crippen LogP contribution in [-0.2, 0) is 18.4 Å². The Morgan fingerprint density at radius 1 is 1.19 bits per heavy atom. The Morgan fingerprint density at radius 3 is 2.75 bits per heavy atom. The standard InChI is InChI=1S/C24H21FN6O3S2/c1-30-21(13-26-23(33)19-4-2-10-34-19)27-28-24(30)36-14-22(32)31-18(15-6-8-16(25)9-7-15)12-17(29-31)20-5-3-11-35-20/h2-11,18H,12-14H2,1H3,(H,26,33). The van der Waals surface area contributed by atoms with E-state index in [9.17, 15) is 14.0 Å². The molecule has 0 aliphatic carbocycles. The van der Waals surface area contributed by atoms with Crippen molar-refractivity contribution in [1.82, 2.24) is 25.1 Å². The number of hydrogen-bond donors (Lipinski definition) is 1. The highest BCUT2D eigenvalue weighted by molar-refractivity contribution is 7.99. The summed E-state index contributed by atoms with van der Waals surface area (Å²) in [6.45, 7) is 0.158. The fourth-order valence-corrected chi connectivity index (χ4v) is 5.25. The molecule has 184 valence electrons. The van der Waals surface area contributed by atoms with E-state index in [1.54, 1.807) is 47.2 Å². The highest BCUT2D eigenvalue weighted by Gasteiger charge is 2.33. The van der Waals surface area contributed by atoms with Crippen molar-refractivity contribution in [3.8, 4) is 0 Å². The molecule has 0 radical (unpaired) electrons. The van der Waals surface area contributed by atoms with Crippen LogP contribution in [0.2, 0.25) is 0 Å². The Bertz CT molecular complexity index is 1380. The number of benzene rings is 1. The van der Waals surface area contributed by atoms with Crippen molar-refractivity contribution in [2.45, 2.75) is 24.2 Å². The van der Waals surface area contributed by atoms with Crippen LogP contribution < -0.4 is 5.32 Å². The number of thiophene rings is 1. The summed E-state index contributed by atoms with van der Waals surface area (Å²) >= 11 is 2.80. The first-order valence-electron chi connectivity index (χ1n) is 11.0. The zero-order valence-electron chi connectivity index (χ0n) is 19.1. The molecule has 1 N–H and O–H groups in total. The summed E-state index contributed by atoms with van der Waals surface area (Å²) in [5.41, 5.74) is 1.64. The van der Waals surface area contributed by atoms with Gasteiger partial charge in [0.25, 0.3) is 11.8 Å². The minimum Gasteiger partial charge on any atom is -0.459 e. The normalized spacial score (nSPS) is 15.2. The second-order valence-electron chi connectivity index (χ2n) is 7.94. The lowest BCUT2D eigenvalue weighted by molar-refractivity contribution is -0.130. The highest BCUT2D eigenvalue weighted by Crippen LogP contribution is 2.34. The number of thioether (sulfide) groups is 1. The molecule has 0 fully saturated rings. The lowest BCUT2D eigenvalue weighted by atomic mass is 10.0. The lowest BCUT2D eigenvalue weighted by Crippen LogP contribution is -2.28. The molecule has 5 rings (SSSR count). The van der Waals surface area contributed by atoms with E-state index in [1.807, 2.05) is 17.5 Å². The number of nitrogens with zero attached hydrogens (tertiary/aromatic N) is 5. The van der Waals surface area contributed by atoms with Gasteiger partial charge in [-0.3, -0.25) is 9.59 Å². The van der Waals surface area contributed by atoms with E-state index in [4.69, 9.17) is 4.42 Å². The molecule has 1 aromatic carbocycles. The molecule has 1 aliphatic heterocycles. The van der Waals surface area contributed by atoms with E-state index in [0.717, 1.165) is 16.2 Å². The van der Waals surface area contributed by atoms with Crippen molar-refractivity contribution < 1.29 is 18.4 Å². The van der Waals surface area contributed by atoms with Gasteiger partial charge in [0.15, 0.2) is 16.7 Å². The van der Waals surface area contributed by atoms with Gasteiger partial charge in [0.2, 0.25) is 0 Å². The molecule has 3 aromatic heterocycles. The molecule has 0 saturated carbocycles. The molecule has 2 amide bonds. The molecule has 1 aliphatic rings. The van der Waals surface area contributed by atoms with Crippen LogP contribution in [0.4, 0.5) is 4.39 Å². The first kappa shape index (κ1) is 23.9. The number of aromatic nitrogens is 3. The predicted molar refractivity (Wildman–Crippen MR) is 133 cm³/mol. The molecule has 0 saturated heterocycles. The van der Waals surface area contributed by atoms with Crippen molar-refractivity contribution in [3.05, 3.63) is 88.0 Å². The van der Waals surface area contributed by atoms with Gasteiger partial charge in [-0.2, -0.15) is 5.10 Å². The first-order valence-corrected chi connectivity index (χ1v) is 12.9. The molecule has 4 heterocycles. The number of furan rings is 1. The third-order valence-electron chi connectivity index (χ3n) is 5.63. The van der Waals surface area contributed by atoms with Gasteiger partial charge in [-0.1, -0.05) is 30.0 Å². The fraction of sp³-hybridized carbons (Fsp3) is 0.208. The quantitative estimate of drug-likeness (QED) is 0.349. The number of carbonyl (C=O) groups excluding carboxylic acids is 2.